The predicted molar refractivity (Wildman–Crippen MR) is 51.1 cm³/mol. The maximum atomic E-state index is 12.0. The molecule has 8 nitrogen and oxygen atoms in total. The minimum absolute atomic E-state index is 0.249. The number of aromatic nitrogens is 1. The second-order valence-corrected chi connectivity index (χ2v) is 2.97. The summed E-state index contributed by atoms with van der Waals surface area (Å²) in [6, 6.07) is 0.249. The molecule has 0 aliphatic rings. The molecule has 1 aromatic heterocycles. The Morgan fingerprint density at radius 2 is 2.11 bits per heavy atom. The van der Waals surface area contributed by atoms with Crippen molar-refractivity contribution in [2.75, 3.05) is 7.11 Å². The highest BCUT2D eigenvalue weighted by Gasteiger charge is 2.35. The number of methoxy groups -OCH3 is 1. The van der Waals surface area contributed by atoms with Crippen molar-refractivity contribution in [2.24, 2.45) is 0 Å². The molecule has 0 unspecified atom stereocenters. The Labute approximate surface area is 102 Å². The first-order valence-corrected chi connectivity index (χ1v) is 4.38. The van der Waals surface area contributed by atoms with Crippen LogP contribution in [0.2, 0.25) is 0 Å². The molecule has 0 bridgehead atoms. The Morgan fingerprint density at radius 1 is 1.53 bits per heavy atom. The van der Waals surface area contributed by atoms with E-state index in [0.717, 1.165) is 7.11 Å². The van der Waals surface area contributed by atoms with Crippen LogP contribution in [0, 0.1) is 10.1 Å². The van der Waals surface area contributed by atoms with Crippen LogP contribution < -0.4 is 9.47 Å². The van der Waals surface area contributed by atoms with E-state index in [1.165, 1.54) is 0 Å². The van der Waals surface area contributed by atoms with Crippen molar-refractivity contribution in [1.82, 2.24) is 4.98 Å². The molecule has 0 aliphatic carbocycles. The van der Waals surface area contributed by atoms with Gasteiger partial charge in [-0.05, 0) is 0 Å². The number of aromatic carboxylic acids is 1. The summed E-state index contributed by atoms with van der Waals surface area (Å²) in [5.74, 6) is -3.82. The highest BCUT2D eigenvalue weighted by atomic mass is 19.4. The van der Waals surface area contributed by atoms with Gasteiger partial charge in [-0.1, -0.05) is 0 Å². The van der Waals surface area contributed by atoms with Gasteiger partial charge >= 0.3 is 12.3 Å². The lowest BCUT2D eigenvalue weighted by atomic mass is 10.2. The fourth-order valence-electron chi connectivity index (χ4n) is 1.15. The number of pyridine rings is 1. The molecule has 1 N–H and O–H groups in total. The van der Waals surface area contributed by atoms with Gasteiger partial charge in [0.2, 0.25) is 11.8 Å². The maximum absolute atomic E-state index is 12.0. The monoisotopic (exact) mass is 282 g/mol. The number of ether oxygens (including phenoxy) is 2. The number of alkyl halides is 3. The molecule has 0 aromatic carbocycles. The minimum Gasteiger partial charge on any atom is -0.480 e. The molecule has 1 aromatic rings. The van der Waals surface area contributed by atoms with E-state index in [4.69, 9.17) is 5.11 Å². The first kappa shape index (κ1) is 14.5. The van der Waals surface area contributed by atoms with Crippen molar-refractivity contribution in [1.29, 1.82) is 0 Å². The number of halogens is 3. The lowest BCUT2D eigenvalue weighted by molar-refractivity contribution is -0.385. The lowest BCUT2D eigenvalue weighted by Gasteiger charge is -2.10. The van der Waals surface area contributed by atoms with Crippen LogP contribution in [0.25, 0.3) is 0 Å². The molecule has 1 rings (SSSR count). The zero-order valence-corrected chi connectivity index (χ0v) is 9.09. The van der Waals surface area contributed by atoms with Crippen molar-refractivity contribution in [3.63, 3.8) is 0 Å². The van der Waals surface area contributed by atoms with Gasteiger partial charge in [-0.2, -0.15) is 4.98 Å². The summed E-state index contributed by atoms with van der Waals surface area (Å²) in [7, 11) is 0.899. The van der Waals surface area contributed by atoms with E-state index in [0.29, 0.717) is 0 Å². The molecule has 1 heterocycles. The van der Waals surface area contributed by atoms with Gasteiger partial charge in [0.15, 0.2) is 5.56 Å². The van der Waals surface area contributed by atoms with Gasteiger partial charge in [-0.3, -0.25) is 10.1 Å². The van der Waals surface area contributed by atoms with Gasteiger partial charge in [0.05, 0.1) is 18.1 Å². The summed E-state index contributed by atoms with van der Waals surface area (Å²) in [5, 5.41) is 19.4. The number of nitro groups is 1. The summed E-state index contributed by atoms with van der Waals surface area (Å²) in [4.78, 5) is 23.4. The largest absolute Gasteiger partial charge is 0.574 e. The molecule has 0 aliphatic heterocycles. The van der Waals surface area contributed by atoms with Crippen LogP contribution in [-0.4, -0.2) is 34.5 Å². The molecule has 0 amide bonds. The Balaban J connectivity index is 3.45. The van der Waals surface area contributed by atoms with Gasteiger partial charge in [0.25, 0.3) is 5.69 Å². The van der Waals surface area contributed by atoms with Crippen molar-refractivity contribution < 1.29 is 37.5 Å². The second kappa shape index (κ2) is 4.96. The van der Waals surface area contributed by atoms with Crippen molar-refractivity contribution in [3.05, 3.63) is 21.7 Å². The van der Waals surface area contributed by atoms with Crippen LogP contribution in [0.5, 0.6) is 11.8 Å². The second-order valence-electron chi connectivity index (χ2n) is 2.97. The quantitative estimate of drug-likeness (QED) is 0.659. The predicted octanol–water partition coefficient (Wildman–Crippen LogP) is 1.60. The fraction of sp³-hybridized carbons (Fsp3) is 0.250. The van der Waals surface area contributed by atoms with E-state index in [1.54, 1.807) is 0 Å². The summed E-state index contributed by atoms with van der Waals surface area (Å²) < 4.78 is 43.7. The molecule has 104 valence electrons. The third-order valence-corrected chi connectivity index (χ3v) is 1.77. The molecule has 0 saturated carbocycles. The van der Waals surface area contributed by atoms with Crippen molar-refractivity contribution in [2.45, 2.75) is 6.36 Å². The summed E-state index contributed by atoms with van der Waals surface area (Å²) in [6.45, 7) is 0. The number of carboxylic acids is 1. The number of carbonyl (C=O) groups is 1. The van der Waals surface area contributed by atoms with Crippen LogP contribution in [0.4, 0.5) is 18.9 Å². The highest BCUT2D eigenvalue weighted by Crippen LogP contribution is 2.32. The first-order chi connectivity index (χ1) is 8.65. The molecular weight excluding hydrogens is 277 g/mol. The minimum atomic E-state index is -5.13. The Kier molecular flexibility index (Phi) is 3.77. The van der Waals surface area contributed by atoms with Gasteiger partial charge < -0.3 is 14.6 Å². The van der Waals surface area contributed by atoms with Crippen LogP contribution in [-0.2, 0) is 0 Å². The summed E-state index contributed by atoms with van der Waals surface area (Å²) >= 11 is 0. The Morgan fingerprint density at radius 3 is 2.47 bits per heavy atom. The lowest BCUT2D eigenvalue weighted by Crippen LogP contribution is -2.19. The van der Waals surface area contributed by atoms with E-state index < -0.39 is 40.3 Å². The Bertz CT molecular complexity index is 530. The van der Waals surface area contributed by atoms with Gasteiger partial charge in [0.1, 0.15) is 0 Å². The van der Waals surface area contributed by atoms with E-state index in [-0.39, 0.29) is 6.07 Å². The average molecular weight is 282 g/mol. The molecule has 0 fully saturated rings. The van der Waals surface area contributed by atoms with Crippen LogP contribution in [0.1, 0.15) is 10.4 Å². The highest BCUT2D eigenvalue weighted by molar-refractivity contribution is 5.95. The fourth-order valence-corrected chi connectivity index (χ4v) is 1.15. The summed E-state index contributed by atoms with van der Waals surface area (Å²) in [6.07, 6.45) is -5.13. The zero-order chi connectivity index (χ0) is 14.8. The Hall–Kier alpha value is -2.59. The molecule has 0 saturated heterocycles. The topological polar surface area (TPSA) is 112 Å². The number of carboxylic acid groups (broad SMARTS) is 1. The molecule has 19 heavy (non-hydrogen) atoms. The first-order valence-electron chi connectivity index (χ1n) is 4.38. The van der Waals surface area contributed by atoms with Crippen molar-refractivity contribution in [3.8, 4) is 11.8 Å². The van der Waals surface area contributed by atoms with E-state index >= 15 is 0 Å². The van der Waals surface area contributed by atoms with Crippen molar-refractivity contribution >= 4 is 11.7 Å². The van der Waals surface area contributed by atoms with E-state index in [9.17, 15) is 28.1 Å². The standard InChI is InChI=1S/C8H5F3N2O6/c1-18-6-5(7(14)15)3(13(16)17)2-4(12-6)19-8(9,10)11/h2H,1H3,(H,14,15). The average Bonchev–Trinajstić information content (AvgIpc) is 2.24. The summed E-state index contributed by atoms with van der Waals surface area (Å²) in [5.41, 5.74) is -2.10. The molecule has 11 heteroatoms. The number of hydrogen-bond donors (Lipinski definition) is 1. The van der Waals surface area contributed by atoms with E-state index in [2.05, 4.69) is 14.5 Å². The third kappa shape index (κ3) is 3.43. The van der Waals surface area contributed by atoms with Gasteiger partial charge in [-0.15, -0.1) is 13.2 Å². The molecule has 0 spiro atoms. The van der Waals surface area contributed by atoms with Gasteiger partial charge in [-0.25, -0.2) is 4.79 Å². The third-order valence-electron chi connectivity index (χ3n) is 1.77. The molecule has 0 radical (unpaired) electrons. The number of nitrogens with zero attached hydrogens (tertiary/aromatic N) is 2. The van der Waals surface area contributed by atoms with Crippen LogP contribution in [0.15, 0.2) is 6.07 Å². The van der Waals surface area contributed by atoms with Crippen LogP contribution in [0.3, 0.4) is 0 Å². The molecular formula is C8H5F3N2O6. The van der Waals surface area contributed by atoms with Gasteiger partial charge in [0, 0.05) is 0 Å². The number of rotatable bonds is 4. The maximum Gasteiger partial charge on any atom is 0.574 e. The SMILES string of the molecule is COc1nc(OC(F)(F)F)cc([N+](=O)[O-])c1C(=O)O. The van der Waals surface area contributed by atoms with E-state index in [1.807, 2.05) is 0 Å². The number of hydrogen-bond acceptors (Lipinski definition) is 6. The van der Waals surface area contributed by atoms with Crippen LogP contribution >= 0.6 is 0 Å². The molecule has 0 atom stereocenters. The smallest absolute Gasteiger partial charge is 0.480 e. The zero-order valence-electron chi connectivity index (χ0n) is 9.09. The normalized spacial score (nSPS) is 10.9.